The average Bonchev–Trinajstić information content (AvgIpc) is 3.51. The molecule has 5 aromatic rings. The van der Waals surface area contributed by atoms with Gasteiger partial charge in [-0.15, -0.1) is 0 Å². The Morgan fingerprint density at radius 2 is 1.86 bits per heavy atom. The molecule has 2 unspecified atom stereocenters. The van der Waals surface area contributed by atoms with Crippen molar-refractivity contribution in [2.24, 2.45) is 0 Å². The van der Waals surface area contributed by atoms with Crippen molar-refractivity contribution in [1.29, 1.82) is 0 Å². The van der Waals surface area contributed by atoms with Crippen LogP contribution in [0.1, 0.15) is 28.3 Å². The van der Waals surface area contributed by atoms with E-state index in [-0.39, 0.29) is 46.0 Å². The van der Waals surface area contributed by atoms with Crippen LogP contribution in [0.25, 0.3) is 16.6 Å². The molecule has 13 nitrogen and oxygen atoms in total. The number of hydrogen-bond acceptors (Lipinski definition) is 10. The number of nitrogens with zero attached hydrogens (tertiary/aromatic N) is 6. The maximum atomic E-state index is 13.5. The quantitative estimate of drug-likeness (QED) is 0.207. The van der Waals surface area contributed by atoms with Gasteiger partial charge in [-0.1, -0.05) is 29.3 Å². The maximum Gasteiger partial charge on any atom is 0.341 e. The Hall–Kier alpha value is -5.11. The third-order valence-corrected chi connectivity index (χ3v) is 10.2. The first-order valence-electron chi connectivity index (χ1n) is 16.3. The third kappa shape index (κ3) is 6.72. The molecule has 2 N–H and O–H groups in total. The van der Waals surface area contributed by atoms with Gasteiger partial charge in [0.25, 0.3) is 0 Å². The first-order valence-corrected chi connectivity index (χ1v) is 17.0. The fourth-order valence-corrected chi connectivity index (χ4v) is 7.11. The summed E-state index contributed by atoms with van der Waals surface area (Å²) in [6, 6.07) is 13.9. The fourth-order valence-electron chi connectivity index (χ4n) is 6.68. The van der Waals surface area contributed by atoms with Crippen molar-refractivity contribution < 1.29 is 19.4 Å². The smallest absolute Gasteiger partial charge is 0.341 e. The van der Waals surface area contributed by atoms with Gasteiger partial charge in [-0.2, -0.15) is 4.98 Å². The van der Waals surface area contributed by atoms with Crippen LogP contribution in [0.15, 0.2) is 76.7 Å². The lowest BCUT2D eigenvalue weighted by atomic mass is 9.98. The number of carboxylic acids is 1. The van der Waals surface area contributed by atoms with Crippen molar-refractivity contribution in [1.82, 2.24) is 24.4 Å². The molecule has 51 heavy (non-hydrogen) atoms. The number of nitrogens with one attached hydrogen (secondary N) is 1. The van der Waals surface area contributed by atoms with Crippen LogP contribution in [-0.2, 0) is 0 Å². The molecular weight excluding hydrogens is 697 g/mol. The number of carboxylic acid groups (broad SMARTS) is 1. The number of H-pyrrole nitrogens is 1. The number of pyridine rings is 4. The Morgan fingerprint density at radius 1 is 1.06 bits per heavy atom. The summed E-state index contributed by atoms with van der Waals surface area (Å²) < 4.78 is 13.1. The number of methoxy groups -OCH3 is 1. The largest absolute Gasteiger partial charge is 0.481 e. The molecule has 0 bridgehead atoms. The molecule has 2 aliphatic rings. The molecule has 7 rings (SSSR count). The molecule has 0 spiro atoms. The number of benzene rings is 1. The lowest BCUT2D eigenvalue weighted by Gasteiger charge is -2.43. The molecule has 264 valence electrons. The second-order valence-electron chi connectivity index (χ2n) is 12.9. The van der Waals surface area contributed by atoms with E-state index >= 15 is 0 Å². The number of ether oxygens (including phenoxy) is 2. The van der Waals surface area contributed by atoms with E-state index in [2.05, 4.69) is 43.7 Å². The maximum absolute atomic E-state index is 13.5. The highest BCUT2D eigenvalue weighted by atomic mass is 35.5. The van der Waals surface area contributed by atoms with Gasteiger partial charge in [0.2, 0.25) is 22.7 Å². The van der Waals surface area contributed by atoms with Crippen LogP contribution in [0.4, 0.5) is 11.5 Å². The lowest BCUT2D eigenvalue weighted by Crippen LogP contribution is -2.57. The minimum absolute atomic E-state index is 0.0159. The molecule has 0 radical (unpaired) electrons. The number of halogens is 2. The predicted octanol–water partition coefficient (Wildman–Crippen LogP) is 4.67. The SMILES string of the molecule is COc1ccc(Cl)c(OCC2CC(c3ccc(=O)[nH]c3)CN2c2cc3c(cc2Cl)c(=O)c(C(=O)O)cn3-c2ccc(N3CC(N(C)C)C3)nc2)n1. The van der Waals surface area contributed by atoms with Gasteiger partial charge >= 0.3 is 5.97 Å². The first kappa shape index (κ1) is 34.3. The topological polar surface area (TPSA) is 146 Å². The van der Waals surface area contributed by atoms with Crippen molar-refractivity contribution >= 4 is 51.6 Å². The second-order valence-corrected chi connectivity index (χ2v) is 13.8. The van der Waals surface area contributed by atoms with Crippen molar-refractivity contribution in [3.8, 4) is 17.4 Å². The fraction of sp³-hybridized carbons (Fsp3) is 0.306. The number of aromatic amines is 1. The highest BCUT2D eigenvalue weighted by Gasteiger charge is 2.36. The monoisotopic (exact) mass is 731 g/mol. The van der Waals surface area contributed by atoms with E-state index in [1.54, 1.807) is 41.2 Å². The molecule has 2 saturated heterocycles. The number of fused-ring (bicyclic) bond motifs is 1. The highest BCUT2D eigenvalue weighted by molar-refractivity contribution is 6.34. The van der Waals surface area contributed by atoms with Crippen LogP contribution in [0.5, 0.6) is 11.8 Å². The van der Waals surface area contributed by atoms with Crippen molar-refractivity contribution in [3.63, 3.8) is 0 Å². The summed E-state index contributed by atoms with van der Waals surface area (Å²) >= 11 is 13.4. The van der Waals surface area contributed by atoms with E-state index in [0.717, 1.165) is 24.5 Å². The molecule has 4 aromatic heterocycles. The van der Waals surface area contributed by atoms with E-state index in [9.17, 15) is 19.5 Å². The molecule has 0 saturated carbocycles. The number of anilines is 2. The van der Waals surface area contributed by atoms with Gasteiger partial charge in [-0.05, 0) is 56.4 Å². The number of aromatic nitrogens is 4. The van der Waals surface area contributed by atoms with Crippen molar-refractivity contribution in [3.05, 3.63) is 109 Å². The minimum Gasteiger partial charge on any atom is -0.481 e. The zero-order chi connectivity index (χ0) is 36.0. The molecule has 0 aliphatic carbocycles. The number of rotatable bonds is 10. The summed E-state index contributed by atoms with van der Waals surface area (Å²) in [6.45, 7) is 2.38. The normalized spacial score (nSPS) is 17.6. The number of likely N-dealkylation sites (N-methyl/N-ethyl adjacent to an activating group) is 1. The second kappa shape index (κ2) is 13.9. The molecule has 15 heteroatoms. The van der Waals surface area contributed by atoms with Gasteiger partial charge in [-0.25, -0.2) is 9.78 Å². The van der Waals surface area contributed by atoms with Crippen LogP contribution < -0.4 is 30.3 Å². The molecule has 6 heterocycles. The first-order chi connectivity index (χ1) is 24.5. The van der Waals surface area contributed by atoms with E-state index in [0.29, 0.717) is 46.8 Å². The Morgan fingerprint density at radius 3 is 2.53 bits per heavy atom. The van der Waals surface area contributed by atoms with E-state index in [4.69, 9.17) is 32.7 Å². The van der Waals surface area contributed by atoms with Gasteiger partial charge < -0.3 is 38.8 Å². The van der Waals surface area contributed by atoms with Crippen LogP contribution in [-0.4, -0.2) is 95.0 Å². The lowest BCUT2D eigenvalue weighted by molar-refractivity contribution is 0.0695. The Bertz CT molecular complexity index is 2220. The Kier molecular flexibility index (Phi) is 9.36. The number of carbonyl (C=O) groups is 1. The molecule has 1 aromatic carbocycles. The van der Waals surface area contributed by atoms with Crippen LogP contribution in [0.3, 0.4) is 0 Å². The molecule has 2 fully saturated rings. The highest BCUT2D eigenvalue weighted by Crippen LogP contribution is 2.40. The minimum atomic E-state index is -1.35. The van der Waals surface area contributed by atoms with Crippen molar-refractivity contribution in [2.45, 2.75) is 24.4 Å². The summed E-state index contributed by atoms with van der Waals surface area (Å²) in [7, 11) is 5.61. The summed E-state index contributed by atoms with van der Waals surface area (Å²) in [6.07, 6.45) is 5.34. The summed E-state index contributed by atoms with van der Waals surface area (Å²) in [4.78, 5) is 55.8. The van der Waals surface area contributed by atoms with Crippen molar-refractivity contribution in [2.75, 3.05) is 57.2 Å². The molecule has 0 amide bonds. The van der Waals surface area contributed by atoms with Crippen LogP contribution in [0.2, 0.25) is 10.0 Å². The average molecular weight is 733 g/mol. The van der Waals surface area contributed by atoms with Gasteiger partial charge in [0.1, 0.15) is 23.0 Å². The summed E-state index contributed by atoms with van der Waals surface area (Å²) in [5, 5.41) is 10.7. The van der Waals surface area contributed by atoms with Gasteiger partial charge in [0.15, 0.2) is 0 Å². The third-order valence-electron chi connectivity index (χ3n) is 9.64. The number of aromatic carboxylic acids is 1. The van der Waals surface area contributed by atoms with Crippen LogP contribution >= 0.6 is 23.2 Å². The summed E-state index contributed by atoms with van der Waals surface area (Å²) in [5.41, 5.74) is 1.35. The molecule has 2 aliphatic heterocycles. The van der Waals surface area contributed by atoms with E-state index in [1.165, 1.54) is 25.4 Å². The van der Waals surface area contributed by atoms with E-state index in [1.807, 2.05) is 12.1 Å². The standard InChI is InChI=1S/C36H35Cl2N7O6/c1-42(2)24-16-43(17-24)31-7-5-22(14-39-31)45-18-26(36(48)49)34(47)25-11-28(38)30(12-29(25)45)44-15-21(20-4-8-32(46)40-13-20)10-23(44)19-51-35-27(37)6-9-33(41-35)50-3/h4-9,11-14,18,21,23-24H,10,15-17,19H2,1-3H3,(H,40,46)(H,48,49). The Labute approximate surface area is 302 Å². The summed E-state index contributed by atoms with van der Waals surface area (Å²) in [5.74, 6) is 0.0156. The van der Waals surface area contributed by atoms with E-state index < -0.39 is 11.4 Å². The predicted molar refractivity (Wildman–Crippen MR) is 196 cm³/mol. The number of hydrogen-bond donors (Lipinski definition) is 2. The zero-order valence-corrected chi connectivity index (χ0v) is 29.6. The van der Waals surface area contributed by atoms with Gasteiger partial charge in [-0.3, -0.25) is 9.59 Å². The Balaban J connectivity index is 1.29. The van der Waals surface area contributed by atoms with Gasteiger partial charge in [0, 0.05) is 61.5 Å². The molecule has 2 atom stereocenters. The zero-order valence-electron chi connectivity index (χ0n) is 28.0. The van der Waals surface area contributed by atoms with Crippen LogP contribution in [0, 0.1) is 0 Å². The van der Waals surface area contributed by atoms with Gasteiger partial charge in [0.05, 0.1) is 41.3 Å². The molecular formula is C36H35Cl2N7O6.